The van der Waals surface area contributed by atoms with Gasteiger partial charge < -0.3 is 14.6 Å². The molecule has 0 unspecified atom stereocenters. The number of hydrogen-bond donors (Lipinski definition) is 1. The average molecular weight is 279 g/mol. The fourth-order valence-electron chi connectivity index (χ4n) is 2.60. The minimum Gasteiger partial charge on any atom is -0.454 e. The van der Waals surface area contributed by atoms with Crippen molar-refractivity contribution in [3.8, 4) is 11.5 Å². The Balaban J connectivity index is 1.81. The number of ether oxygens (including phenoxy) is 2. The lowest BCUT2D eigenvalue weighted by Crippen LogP contribution is -2.03. The maximum atomic E-state index is 10.7. The van der Waals surface area contributed by atoms with Crippen LogP contribution in [0.3, 0.4) is 0 Å². The standard InChI is InChI=1S/C17H13NO3/c19-17(12-5-6-14-15(9-12)21-10-20-14)16-13-4-2-1-3-11(13)7-8-18-16/h1-9,17,19H,10H2/t17-/m0/s1. The van der Waals surface area contributed by atoms with Crippen LogP contribution < -0.4 is 9.47 Å². The molecule has 1 aliphatic rings. The maximum Gasteiger partial charge on any atom is 0.231 e. The normalized spacial score (nSPS) is 14.3. The molecule has 2 heterocycles. The summed E-state index contributed by atoms with van der Waals surface area (Å²) in [5, 5.41) is 12.7. The number of hydrogen-bond acceptors (Lipinski definition) is 4. The third-order valence-electron chi connectivity index (χ3n) is 3.68. The van der Waals surface area contributed by atoms with Crippen LogP contribution >= 0.6 is 0 Å². The predicted molar refractivity (Wildman–Crippen MR) is 78.4 cm³/mol. The van der Waals surface area contributed by atoms with Crippen LogP contribution in [0.4, 0.5) is 0 Å². The molecule has 3 aromatic rings. The topological polar surface area (TPSA) is 51.6 Å². The zero-order chi connectivity index (χ0) is 14.2. The van der Waals surface area contributed by atoms with Crippen molar-refractivity contribution in [2.24, 2.45) is 0 Å². The van der Waals surface area contributed by atoms with Crippen LogP contribution in [0, 0.1) is 0 Å². The highest BCUT2D eigenvalue weighted by Crippen LogP contribution is 2.36. The number of pyridine rings is 1. The van der Waals surface area contributed by atoms with Crippen molar-refractivity contribution in [1.82, 2.24) is 4.98 Å². The number of aromatic nitrogens is 1. The molecule has 0 fully saturated rings. The third-order valence-corrected chi connectivity index (χ3v) is 3.68. The van der Waals surface area contributed by atoms with Gasteiger partial charge in [0.25, 0.3) is 0 Å². The molecule has 1 aliphatic heterocycles. The molecule has 0 aliphatic carbocycles. The first kappa shape index (κ1) is 12.2. The van der Waals surface area contributed by atoms with Gasteiger partial charge in [0.1, 0.15) is 6.10 Å². The van der Waals surface area contributed by atoms with Crippen molar-refractivity contribution in [1.29, 1.82) is 0 Å². The van der Waals surface area contributed by atoms with E-state index < -0.39 is 6.10 Å². The highest BCUT2D eigenvalue weighted by atomic mass is 16.7. The maximum absolute atomic E-state index is 10.7. The fourth-order valence-corrected chi connectivity index (χ4v) is 2.60. The molecule has 4 heteroatoms. The van der Waals surface area contributed by atoms with Crippen LogP contribution in [0.1, 0.15) is 17.4 Å². The van der Waals surface area contributed by atoms with Crippen LogP contribution in [0.25, 0.3) is 10.8 Å². The molecule has 1 aromatic heterocycles. The first-order valence-electron chi connectivity index (χ1n) is 6.74. The molecular weight excluding hydrogens is 266 g/mol. The molecule has 0 amide bonds. The quantitative estimate of drug-likeness (QED) is 0.783. The van der Waals surface area contributed by atoms with Crippen molar-refractivity contribution < 1.29 is 14.6 Å². The zero-order valence-electron chi connectivity index (χ0n) is 11.2. The second kappa shape index (κ2) is 4.75. The van der Waals surface area contributed by atoms with E-state index in [9.17, 15) is 5.11 Å². The molecule has 0 saturated carbocycles. The molecule has 0 bridgehead atoms. The Labute approximate surface area is 121 Å². The summed E-state index contributed by atoms with van der Waals surface area (Å²) in [7, 11) is 0. The number of aliphatic hydroxyl groups excluding tert-OH is 1. The van der Waals surface area contributed by atoms with Gasteiger partial charge in [0.15, 0.2) is 11.5 Å². The Morgan fingerprint density at radius 2 is 1.86 bits per heavy atom. The summed E-state index contributed by atoms with van der Waals surface area (Å²) in [6.45, 7) is 0.224. The van der Waals surface area contributed by atoms with Crippen LogP contribution in [-0.2, 0) is 0 Å². The summed E-state index contributed by atoms with van der Waals surface area (Å²) in [6, 6.07) is 15.3. The zero-order valence-corrected chi connectivity index (χ0v) is 11.2. The number of fused-ring (bicyclic) bond motifs is 2. The largest absolute Gasteiger partial charge is 0.454 e. The van der Waals surface area contributed by atoms with E-state index in [0.717, 1.165) is 16.3 Å². The Kier molecular flexibility index (Phi) is 2.75. The summed E-state index contributed by atoms with van der Waals surface area (Å²) in [6.07, 6.45) is 0.916. The Bertz CT molecular complexity index is 811. The van der Waals surface area contributed by atoms with Crippen LogP contribution in [0.2, 0.25) is 0 Å². The molecule has 4 rings (SSSR count). The summed E-state index contributed by atoms with van der Waals surface area (Å²) >= 11 is 0. The number of nitrogens with zero attached hydrogens (tertiary/aromatic N) is 1. The summed E-state index contributed by atoms with van der Waals surface area (Å²) in [5.74, 6) is 1.36. The molecule has 4 nitrogen and oxygen atoms in total. The summed E-state index contributed by atoms with van der Waals surface area (Å²) in [4.78, 5) is 4.35. The lowest BCUT2D eigenvalue weighted by Gasteiger charge is -2.13. The molecule has 21 heavy (non-hydrogen) atoms. The lowest BCUT2D eigenvalue weighted by molar-refractivity contribution is 0.173. The molecule has 1 atom stereocenters. The highest BCUT2D eigenvalue weighted by Gasteiger charge is 2.19. The first-order valence-corrected chi connectivity index (χ1v) is 6.74. The minimum absolute atomic E-state index is 0.224. The molecule has 2 aromatic carbocycles. The van der Waals surface area contributed by atoms with Crippen LogP contribution in [0.5, 0.6) is 11.5 Å². The van der Waals surface area contributed by atoms with E-state index in [4.69, 9.17) is 9.47 Å². The van der Waals surface area contributed by atoms with Gasteiger partial charge in [-0.1, -0.05) is 30.3 Å². The Morgan fingerprint density at radius 1 is 1.00 bits per heavy atom. The van der Waals surface area contributed by atoms with Gasteiger partial charge in [-0.05, 0) is 29.1 Å². The molecular formula is C17H13NO3. The predicted octanol–water partition coefficient (Wildman–Crippen LogP) is 3.05. The van der Waals surface area contributed by atoms with Crippen LogP contribution in [-0.4, -0.2) is 16.9 Å². The molecule has 0 spiro atoms. The number of aliphatic hydroxyl groups is 1. The van der Waals surface area contributed by atoms with E-state index >= 15 is 0 Å². The van der Waals surface area contributed by atoms with Crippen molar-refractivity contribution in [2.45, 2.75) is 6.10 Å². The molecule has 0 saturated heterocycles. The molecule has 1 N–H and O–H groups in total. The smallest absolute Gasteiger partial charge is 0.231 e. The van der Waals surface area contributed by atoms with Crippen molar-refractivity contribution in [3.05, 3.63) is 66.0 Å². The Hall–Kier alpha value is -2.59. The summed E-state index contributed by atoms with van der Waals surface area (Å²) in [5.41, 5.74) is 1.38. The summed E-state index contributed by atoms with van der Waals surface area (Å²) < 4.78 is 10.6. The second-order valence-electron chi connectivity index (χ2n) is 4.93. The SMILES string of the molecule is O[C@@H](c1ccc2c(c1)OCO2)c1nccc2ccccc12. The Morgan fingerprint density at radius 3 is 2.81 bits per heavy atom. The van der Waals surface area contributed by atoms with E-state index in [-0.39, 0.29) is 6.79 Å². The van der Waals surface area contributed by atoms with Crippen molar-refractivity contribution in [2.75, 3.05) is 6.79 Å². The van der Waals surface area contributed by atoms with E-state index in [1.54, 1.807) is 12.3 Å². The van der Waals surface area contributed by atoms with E-state index in [1.165, 1.54) is 0 Å². The van der Waals surface area contributed by atoms with Gasteiger partial charge in [0.2, 0.25) is 6.79 Å². The fraction of sp³-hybridized carbons (Fsp3) is 0.118. The second-order valence-corrected chi connectivity index (χ2v) is 4.93. The van der Waals surface area contributed by atoms with Crippen LogP contribution in [0.15, 0.2) is 54.7 Å². The highest BCUT2D eigenvalue weighted by molar-refractivity contribution is 5.84. The van der Waals surface area contributed by atoms with Gasteiger partial charge in [0.05, 0.1) is 5.69 Å². The molecule has 104 valence electrons. The van der Waals surface area contributed by atoms with Gasteiger partial charge >= 0.3 is 0 Å². The first-order chi connectivity index (χ1) is 10.3. The monoisotopic (exact) mass is 279 g/mol. The van der Waals surface area contributed by atoms with Gasteiger partial charge in [-0.3, -0.25) is 4.98 Å². The lowest BCUT2D eigenvalue weighted by atomic mass is 10.0. The van der Waals surface area contributed by atoms with Crippen molar-refractivity contribution in [3.63, 3.8) is 0 Å². The van der Waals surface area contributed by atoms with E-state index in [2.05, 4.69) is 4.98 Å². The van der Waals surface area contributed by atoms with Gasteiger partial charge in [-0.2, -0.15) is 0 Å². The van der Waals surface area contributed by atoms with Gasteiger partial charge in [-0.15, -0.1) is 0 Å². The third kappa shape index (κ3) is 2.00. The van der Waals surface area contributed by atoms with E-state index in [1.807, 2.05) is 42.5 Å². The average Bonchev–Trinajstić information content (AvgIpc) is 3.01. The number of rotatable bonds is 2. The van der Waals surface area contributed by atoms with Crippen molar-refractivity contribution >= 4 is 10.8 Å². The van der Waals surface area contributed by atoms with Gasteiger partial charge in [0, 0.05) is 11.6 Å². The molecule has 0 radical (unpaired) electrons. The van der Waals surface area contributed by atoms with Gasteiger partial charge in [-0.25, -0.2) is 0 Å². The number of benzene rings is 2. The van der Waals surface area contributed by atoms with E-state index in [0.29, 0.717) is 17.2 Å². The minimum atomic E-state index is -0.800.